The van der Waals surface area contributed by atoms with Crippen LogP contribution >= 0.6 is 24.0 Å². The fourth-order valence-electron chi connectivity index (χ4n) is 4.08. The van der Waals surface area contributed by atoms with Gasteiger partial charge in [-0.15, -0.1) is 24.0 Å². The molecule has 3 rings (SSSR count). The number of hydrogen-bond donors (Lipinski definition) is 2. The average molecular weight is 539 g/mol. The predicted octanol–water partition coefficient (Wildman–Crippen LogP) is 3.91. The highest BCUT2D eigenvalue weighted by atomic mass is 127. The quantitative estimate of drug-likeness (QED) is 0.209. The normalized spacial score (nSPS) is 17.2. The molecule has 0 amide bonds. The Morgan fingerprint density at radius 3 is 2.81 bits per heavy atom. The second-order valence-electron chi connectivity index (χ2n) is 8.13. The van der Waals surface area contributed by atoms with Crippen LogP contribution in [0.1, 0.15) is 50.9 Å². The van der Waals surface area contributed by atoms with Crippen LogP contribution < -0.4 is 10.6 Å². The van der Waals surface area contributed by atoms with Crippen LogP contribution in [0, 0.1) is 0 Å². The molecule has 0 radical (unpaired) electrons. The van der Waals surface area contributed by atoms with E-state index < -0.39 is 0 Å². The summed E-state index contributed by atoms with van der Waals surface area (Å²) in [6, 6.07) is 11.3. The van der Waals surface area contributed by atoms with Gasteiger partial charge in [0.2, 0.25) is 0 Å². The molecule has 1 saturated heterocycles. The molecule has 6 nitrogen and oxygen atoms in total. The summed E-state index contributed by atoms with van der Waals surface area (Å²) in [6.07, 6.45) is 10.00. The highest BCUT2D eigenvalue weighted by Gasteiger charge is 2.17. The summed E-state index contributed by atoms with van der Waals surface area (Å²) in [7, 11) is 0. The molecule has 1 atom stereocenters. The minimum atomic E-state index is 0. The lowest BCUT2D eigenvalue weighted by molar-refractivity contribution is 0.160. The van der Waals surface area contributed by atoms with E-state index in [0.29, 0.717) is 0 Å². The summed E-state index contributed by atoms with van der Waals surface area (Å²) in [5.74, 6) is 2.01. The minimum absolute atomic E-state index is 0. The summed E-state index contributed by atoms with van der Waals surface area (Å²) >= 11 is 0. The van der Waals surface area contributed by atoms with Crippen molar-refractivity contribution in [3.05, 3.63) is 54.1 Å². The standard InChI is InChI=1S/C24H38N6.HI/c1-3-25-24(27-14-9-18-29-17-8-7-10-21(29)2)28-15-13-23-26-16-19-30(23)20-22-11-5-4-6-12-22;/h4-6,11-12,16,19,21H,3,7-10,13-15,17-18,20H2,1-2H3,(H2,25,27,28);1H. The lowest BCUT2D eigenvalue weighted by Gasteiger charge is -2.33. The van der Waals surface area contributed by atoms with Gasteiger partial charge in [-0.3, -0.25) is 4.99 Å². The van der Waals surface area contributed by atoms with Crippen LogP contribution in [0.3, 0.4) is 0 Å². The van der Waals surface area contributed by atoms with Crippen molar-refractivity contribution >= 4 is 29.9 Å². The van der Waals surface area contributed by atoms with Gasteiger partial charge in [0.25, 0.3) is 0 Å². The molecular formula is C24H39IN6. The lowest BCUT2D eigenvalue weighted by atomic mass is 10.0. The third kappa shape index (κ3) is 8.80. The van der Waals surface area contributed by atoms with Crippen molar-refractivity contribution in [2.45, 2.75) is 58.5 Å². The van der Waals surface area contributed by atoms with E-state index in [-0.39, 0.29) is 24.0 Å². The van der Waals surface area contributed by atoms with Crippen molar-refractivity contribution in [2.75, 3.05) is 32.7 Å². The maximum absolute atomic E-state index is 4.77. The molecule has 172 valence electrons. The molecule has 0 bridgehead atoms. The zero-order valence-corrected chi connectivity index (χ0v) is 21.4. The number of nitrogens with one attached hydrogen (secondary N) is 2. The molecular weight excluding hydrogens is 499 g/mol. The Labute approximate surface area is 204 Å². The molecule has 0 aliphatic carbocycles. The number of piperidine rings is 1. The fourth-order valence-corrected chi connectivity index (χ4v) is 4.08. The maximum atomic E-state index is 4.77. The minimum Gasteiger partial charge on any atom is -0.357 e. The number of guanidine groups is 1. The van der Waals surface area contributed by atoms with Gasteiger partial charge in [-0.05, 0) is 45.2 Å². The molecule has 0 saturated carbocycles. The molecule has 1 aromatic carbocycles. The van der Waals surface area contributed by atoms with E-state index in [0.717, 1.165) is 63.4 Å². The SMILES string of the molecule is CCNC(=NCCCN1CCCCC1C)NCCc1nccn1Cc1ccccc1.I. The number of hydrogen-bond acceptors (Lipinski definition) is 3. The zero-order valence-electron chi connectivity index (χ0n) is 19.1. The summed E-state index contributed by atoms with van der Waals surface area (Å²) in [6.45, 7) is 10.3. The number of aliphatic imine (C=N–C) groups is 1. The first-order valence-corrected chi connectivity index (χ1v) is 11.6. The highest BCUT2D eigenvalue weighted by molar-refractivity contribution is 14.0. The van der Waals surface area contributed by atoms with Crippen LogP contribution in [0.25, 0.3) is 0 Å². The first kappa shape index (κ1) is 25.6. The molecule has 1 unspecified atom stereocenters. The maximum Gasteiger partial charge on any atom is 0.191 e. The largest absolute Gasteiger partial charge is 0.357 e. The molecule has 31 heavy (non-hydrogen) atoms. The van der Waals surface area contributed by atoms with Crippen LogP contribution in [0.15, 0.2) is 47.7 Å². The highest BCUT2D eigenvalue weighted by Crippen LogP contribution is 2.16. The van der Waals surface area contributed by atoms with Crippen molar-refractivity contribution in [3.63, 3.8) is 0 Å². The molecule has 2 aromatic rings. The van der Waals surface area contributed by atoms with Gasteiger partial charge < -0.3 is 20.1 Å². The molecule has 1 fully saturated rings. The number of imidazole rings is 1. The number of halogens is 1. The van der Waals surface area contributed by atoms with Crippen molar-refractivity contribution in [2.24, 2.45) is 4.99 Å². The Balaban J connectivity index is 0.00000341. The van der Waals surface area contributed by atoms with Crippen molar-refractivity contribution in [3.8, 4) is 0 Å². The van der Waals surface area contributed by atoms with Crippen molar-refractivity contribution in [1.29, 1.82) is 0 Å². The first-order chi connectivity index (χ1) is 14.8. The van der Waals surface area contributed by atoms with E-state index in [1.165, 1.54) is 31.4 Å². The Morgan fingerprint density at radius 2 is 2.03 bits per heavy atom. The van der Waals surface area contributed by atoms with Gasteiger partial charge in [-0.1, -0.05) is 36.8 Å². The predicted molar refractivity (Wildman–Crippen MR) is 140 cm³/mol. The Kier molecular flexibility index (Phi) is 12.0. The second kappa shape index (κ2) is 14.5. The van der Waals surface area contributed by atoms with E-state index in [1.54, 1.807) is 0 Å². The monoisotopic (exact) mass is 538 g/mol. The number of rotatable bonds is 10. The Bertz CT molecular complexity index is 760. The third-order valence-electron chi connectivity index (χ3n) is 5.80. The van der Waals surface area contributed by atoms with E-state index in [2.05, 4.69) is 75.5 Å². The van der Waals surface area contributed by atoms with Crippen molar-refractivity contribution < 1.29 is 0 Å². The van der Waals surface area contributed by atoms with E-state index in [1.807, 2.05) is 6.20 Å². The van der Waals surface area contributed by atoms with Gasteiger partial charge in [0.05, 0.1) is 0 Å². The van der Waals surface area contributed by atoms with Gasteiger partial charge in [0, 0.05) is 57.6 Å². The molecule has 1 aromatic heterocycles. The zero-order chi connectivity index (χ0) is 21.0. The third-order valence-corrected chi connectivity index (χ3v) is 5.80. The summed E-state index contributed by atoms with van der Waals surface area (Å²) in [5.41, 5.74) is 1.29. The second-order valence-corrected chi connectivity index (χ2v) is 8.13. The Morgan fingerprint density at radius 1 is 1.19 bits per heavy atom. The Hall–Kier alpha value is -1.61. The number of likely N-dealkylation sites (tertiary alicyclic amines) is 1. The molecule has 0 spiro atoms. The van der Waals surface area contributed by atoms with Crippen molar-refractivity contribution in [1.82, 2.24) is 25.1 Å². The number of nitrogens with zero attached hydrogens (tertiary/aromatic N) is 4. The topological polar surface area (TPSA) is 57.5 Å². The van der Waals surface area contributed by atoms with Gasteiger partial charge in [0.15, 0.2) is 5.96 Å². The molecule has 7 heteroatoms. The molecule has 1 aliphatic rings. The van der Waals surface area contributed by atoms with Crippen LogP contribution in [-0.2, 0) is 13.0 Å². The molecule has 2 N–H and O–H groups in total. The van der Waals surface area contributed by atoms with Gasteiger partial charge in [0.1, 0.15) is 5.82 Å². The summed E-state index contributed by atoms with van der Waals surface area (Å²) < 4.78 is 2.22. The first-order valence-electron chi connectivity index (χ1n) is 11.6. The van der Waals surface area contributed by atoms with Gasteiger partial charge >= 0.3 is 0 Å². The van der Waals surface area contributed by atoms with Crippen LogP contribution in [0.2, 0.25) is 0 Å². The summed E-state index contributed by atoms with van der Waals surface area (Å²) in [5, 5.41) is 6.83. The van der Waals surface area contributed by atoms with Gasteiger partial charge in [-0.25, -0.2) is 4.98 Å². The molecule has 2 heterocycles. The number of aromatic nitrogens is 2. The van der Waals surface area contributed by atoms with Crippen LogP contribution in [0.5, 0.6) is 0 Å². The molecule has 1 aliphatic heterocycles. The number of benzene rings is 1. The van der Waals surface area contributed by atoms with E-state index in [9.17, 15) is 0 Å². The smallest absolute Gasteiger partial charge is 0.191 e. The fraction of sp³-hybridized carbons (Fsp3) is 0.583. The lowest BCUT2D eigenvalue weighted by Crippen LogP contribution is -2.39. The average Bonchev–Trinajstić information content (AvgIpc) is 3.20. The van der Waals surface area contributed by atoms with E-state index >= 15 is 0 Å². The van der Waals surface area contributed by atoms with Gasteiger partial charge in [-0.2, -0.15) is 0 Å². The van der Waals surface area contributed by atoms with E-state index in [4.69, 9.17) is 4.99 Å². The summed E-state index contributed by atoms with van der Waals surface area (Å²) in [4.78, 5) is 11.9. The van der Waals surface area contributed by atoms with Crippen LogP contribution in [0.4, 0.5) is 0 Å². The van der Waals surface area contributed by atoms with Crippen LogP contribution in [-0.4, -0.2) is 59.2 Å².